The van der Waals surface area contributed by atoms with Crippen molar-refractivity contribution in [2.24, 2.45) is 0 Å². The first-order chi connectivity index (χ1) is 15.7. The number of aliphatic hydroxyl groups excluding tert-OH is 1. The van der Waals surface area contributed by atoms with Crippen molar-refractivity contribution in [3.8, 4) is 0 Å². The predicted octanol–water partition coefficient (Wildman–Crippen LogP) is 5.84. The highest BCUT2D eigenvalue weighted by atomic mass is 35.5. The summed E-state index contributed by atoms with van der Waals surface area (Å²) in [6, 6.07) is 15.8. The molecule has 0 bridgehead atoms. The van der Waals surface area contributed by atoms with Crippen molar-refractivity contribution in [3.05, 3.63) is 109 Å². The SMILES string of the molecule is Cc1ccccc1C1/C(=C(\O)c2cccc([N+](=O)[O-])c2)C(=O)C(=O)N1c1cc(Cl)cc(Cl)c1. The molecule has 1 saturated heterocycles. The molecule has 1 unspecified atom stereocenters. The van der Waals surface area contributed by atoms with Gasteiger partial charge in [0.15, 0.2) is 0 Å². The minimum Gasteiger partial charge on any atom is -0.507 e. The summed E-state index contributed by atoms with van der Waals surface area (Å²) in [5.41, 5.74) is 1.24. The van der Waals surface area contributed by atoms with Gasteiger partial charge in [0.1, 0.15) is 5.76 Å². The fourth-order valence-corrected chi connectivity index (χ4v) is 4.40. The van der Waals surface area contributed by atoms with Crippen LogP contribution in [0.2, 0.25) is 10.0 Å². The van der Waals surface area contributed by atoms with Crippen LogP contribution in [-0.4, -0.2) is 21.7 Å². The molecule has 4 rings (SSSR count). The molecule has 33 heavy (non-hydrogen) atoms. The zero-order valence-electron chi connectivity index (χ0n) is 17.2. The van der Waals surface area contributed by atoms with Gasteiger partial charge in [0.2, 0.25) is 0 Å². The number of hydrogen-bond acceptors (Lipinski definition) is 5. The first-order valence-electron chi connectivity index (χ1n) is 9.76. The molecular formula is C24H16Cl2N2O5. The van der Waals surface area contributed by atoms with Crippen LogP contribution in [0.25, 0.3) is 5.76 Å². The maximum absolute atomic E-state index is 13.2. The van der Waals surface area contributed by atoms with Crippen molar-refractivity contribution < 1.29 is 19.6 Å². The summed E-state index contributed by atoms with van der Waals surface area (Å²) in [7, 11) is 0. The van der Waals surface area contributed by atoms with E-state index >= 15 is 0 Å². The topological polar surface area (TPSA) is 101 Å². The van der Waals surface area contributed by atoms with E-state index in [9.17, 15) is 24.8 Å². The molecule has 1 aliphatic heterocycles. The van der Waals surface area contributed by atoms with Gasteiger partial charge in [-0.25, -0.2) is 0 Å². The number of Topliss-reactive ketones (excluding diaryl/α,β-unsaturated/α-hetero) is 1. The molecule has 0 aromatic heterocycles. The Balaban J connectivity index is 2.00. The van der Waals surface area contributed by atoms with Gasteiger partial charge in [-0.1, -0.05) is 59.6 Å². The first-order valence-corrected chi connectivity index (χ1v) is 10.5. The van der Waals surface area contributed by atoms with Gasteiger partial charge in [-0.05, 0) is 36.2 Å². The largest absolute Gasteiger partial charge is 0.507 e. The van der Waals surface area contributed by atoms with E-state index in [1.807, 2.05) is 19.1 Å². The average molecular weight is 483 g/mol. The average Bonchev–Trinajstić information content (AvgIpc) is 3.03. The molecule has 0 radical (unpaired) electrons. The van der Waals surface area contributed by atoms with E-state index in [-0.39, 0.29) is 32.6 Å². The summed E-state index contributed by atoms with van der Waals surface area (Å²) < 4.78 is 0. The number of hydrogen-bond donors (Lipinski definition) is 1. The number of aliphatic hydroxyl groups is 1. The second-order valence-corrected chi connectivity index (χ2v) is 8.33. The van der Waals surface area contributed by atoms with Crippen LogP contribution in [0.15, 0.2) is 72.3 Å². The van der Waals surface area contributed by atoms with E-state index in [4.69, 9.17) is 23.2 Å². The molecule has 1 N–H and O–H groups in total. The summed E-state index contributed by atoms with van der Waals surface area (Å²) in [5, 5.41) is 22.8. The normalized spacial score (nSPS) is 17.4. The van der Waals surface area contributed by atoms with Crippen molar-refractivity contribution in [1.82, 2.24) is 0 Å². The third-order valence-corrected chi connectivity index (χ3v) is 5.82. The molecule has 1 aliphatic rings. The van der Waals surface area contributed by atoms with Crippen molar-refractivity contribution >= 4 is 52.0 Å². The third-order valence-electron chi connectivity index (χ3n) is 5.38. The molecule has 166 valence electrons. The number of carbonyl (C=O) groups excluding carboxylic acids is 2. The van der Waals surface area contributed by atoms with Crippen molar-refractivity contribution in [1.29, 1.82) is 0 Å². The summed E-state index contributed by atoms with van der Waals surface area (Å²) in [4.78, 5) is 38.2. The van der Waals surface area contributed by atoms with Crippen LogP contribution in [-0.2, 0) is 9.59 Å². The molecule has 3 aromatic rings. The quantitative estimate of drug-likeness (QED) is 0.165. The predicted molar refractivity (Wildman–Crippen MR) is 126 cm³/mol. The lowest BCUT2D eigenvalue weighted by Gasteiger charge is -2.27. The van der Waals surface area contributed by atoms with Crippen LogP contribution in [0.4, 0.5) is 11.4 Å². The van der Waals surface area contributed by atoms with Crippen molar-refractivity contribution in [2.45, 2.75) is 13.0 Å². The van der Waals surface area contributed by atoms with Gasteiger partial charge in [-0.3, -0.25) is 24.6 Å². The van der Waals surface area contributed by atoms with Gasteiger partial charge in [0.25, 0.3) is 17.4 Å². The monoisotopic (exact) mass is 482 g/mol. The molecule has 0 saturated carbocycles. The van der Waals surface area contributed by atoms with E-state index in [2.05, 4.69) is 0 Å². The zero-order valence-corrected chi connectivity index (χ0v) is 18.7. The number of nitro groups is 1. The smallest absolute Gasteiger partial charge is 0.300 e. The van der Waals surface area contributed by atoms with Crippen LogP contribution in [0.5, 0.6) is 0 Å². The van der Waals surface area contributed by atoms with Gasteiger partial charge in [0, 0.05) is 33.4 Å². The lowest BCUT2D eigenvalue weighted by molar-refractivity contribution is -0.384. The maximum Gasteiger partial charge on any atom is 0.300 e. The fraction of sp³-hybridized carbons (Fsp3) is 0.0833. The van der Waals surface area contributed by atoms with Gasteiger partial charge in [-0.15, -0.1) is 0 Å². The Morgan fingerprint density at radius 1 is 1.00 bits per heavy atom. The van der Waals surface area contributed by atoms with Gasteiger partial charge < -0.3 is 5.11 Å². The number of rotatable bonds is 4. The summed E-state index contributed by atoms with van der Waals surface area (Å²) in [6.07, 6.45) is 0. The highest BCUT2D eigenvalue weighted by Gasteiger charge is 2.47. The number of halogens is 2. The number of aryl methyl sites for hydroxylation is 1. The Morgan fingerprint density at radius 2 is 1.67 bits per heavy atom. The minimum absolute atomic E-state index is 0.0462. The molecule has 7 nitrogen and oxygen atoms in total. The number of nitro benzene ring substituents is 1. The Labute approximate surface area is 198 Å². The summed E-state index contributed by atoms with van der Waals surface area (Å²) in [5.74, 6) is -2.32. The van der Waals surface area contributed by atoms with Crippen molar-refractivity contribution in [3.63, 3.8) is 0 Å². The Bertz CT molecular complexity index is 1330. The number of amides is 1. The molecule has 1 heterocycles. The minimum atomic E-state index is -1.00. The number of carbonyl (C=O) groups is 2. The van der Waals surface area contributed by atoms with E-state index in [0.29, 0.717) is 5.56 Å². The molecule has 3 aromatic carbocycles. The van der Waals surface area contributed by atoms with Gasteiger partial charge in [-0.2, -0.15) is 0 Å². The van der Waals surface area contributed by atoms with Crippen LogP contribution in [0.3, 0.4) is 0 Å². The maximum atomic E-state index is 13.2. The summed E-state index contributed by atoms with van der Waals surface area (Å²) >= 11 is 12.3. The fourth-order valence-electron chi connectivity index (χ4n) is 3.89. The molecule has 1 fully saturated rings. The van der Waals surface area contributed by atoms with Gasteiger partial charge >= 0.3 is 0 Å². The molecule has 0 aliphatic carbocycles. The number of ketones is 1. The molecule has 1 amide bonds. The highest BCUT2D eigenvalue weighted by Crippen LogP contribution is 2.44. The van der Waals surface area contributed by atoms with Gasteiger partial charge in [0.05, 0.1) is 16.5 Å². The molecular weight excluding hydrogens is 467 g/mol. The van der Waals surface area contributed by atoms with Crippen LogP contribution >= 0.6 is 23.2 Å². The Kier molecular flexibility index (Phi) is 5.93. The second-order valence-electron chi connectivity index (χ2n) is 7.46. The highest BCUT2D eigenvalue weighted by molar-refractivity contribution is 6.52. The molecule has 0 spiro atoms. The van der Waals surface area contributed by atoms with Crippen LogP contribution < -0.4 is 4.90 Å². The van der Waals surface area contributed by atoms with Crippen LogP contribution in [0.1, 0.15) is 22.7 Å². The summed E-state index contributed by atoms with van der Waals surface area (Å²) in [6.45, 7) is 1.81. The number of benzene rings is 3. The van der Waals surface area contributed by atoms with E-state index < -0.39 is 28.4 Å². The Morgan fingerprint density at radius 3 is 2.30 bits per heavy atom. The second kappa shape index (κ2) is 8.69. The van der Waals surface area contributed by atoms with E-state index in [1.54, 1.807) is 12.1 Å². The number of nitrogens with zero attached hydrogens (tertiary/aromatic N) is 2. The Hall–Kier alpha value is -3.68. The van der Waals surface area contributed by atoms with E-state index in [0.717, 1.165) is 11.6 Å². The first kappa shape index (κ1) is 22.5. The lowest BCUT2D eigenvalue weighted by atomic mass is 9.92. The van der Waals surface area contributed by atoms with Crippen LogP contribution in [0, 0.1) is 17.0 Å². The lowest BCUT2D eigenvalue weighted by Crippen LogP contribution is -2.29. The third kappa shape index (κ3) is 4.08. The molecule has 9 heteroatoms. The van der Waals surface area contributed by atoms with Crippen molar-refractivity contribution in [2.75, 3.05) is 4.90 Å². The zero-order chi connectivity index (χ0) is 23.9. The van der Waals surface area contributed by atoms with E-state index in [1.165, 1.54) is 41.3 Å². The number of anilines is 1. The standard InChI is InChI=1S/C24H16Cl2N2O5/c1-13-5-2-3-8-19(13)21-20(22(29)14-6-4-7-17(9-14)28(32)33)23(30)24(31)27(21)18-11-15(25)10-16(26)12-18/h2-12,21,29H,1H3/b22-20+. The molecule has 1 atom stereocenters. The number of non-ortho nitro benzene ring substituents is 1.